The van der Waals surface area contributed by atoms with Crippen molar-refractivity contribution in [3.8, 4) is 0 Å². The molecule has 0 aliphatic heterocycles. The molecule has 0 fully saturated rings. The van der Waals surface area contributed by atoms with Gasteiger partial charge in [0, 0.05) is 10.8 Å². The molecule has 0 bridgehead atoms. The molecule has 112 valence electrons. The number of amides is 1. The van der Waals surface area contributed by atoms with Gasteiger partial charge in [-0.05, 0) is 39.3 Å². The summed E-state index contributed by atoms with van der Waals surface area (Å²) in [4.78, 5) is 25.0. The summed E-state index contributed by atoms with van der Waals surface area (Å²) in [5.41, 5.74) is 6.77. The lowest BCUT2D eigenvalue weighted by Crippen LogP contribution is -2.23. The van der Waals surface area contributed by atoms with Crippen LogP contribution in [0.5, 0.6) is 0 Å². The van der Waals surface area contributed by atoms with E-state index in [2.05, 4.69) is 5.32 Å². The van der Waals surface area contributed by atoms with Gasteiger partial charge in [-0.15, -0.1) is 11.3 Å². The van der Waals surface area contributed by atoms with Crippen LogP contribution in [0.15, 0.2) is 0 Å². The van der Waals surface area contributed by atoms with Gasteiger partial charge >= 0.3 is 5.97 Å². The Morgan fingerprint density at radius 3 is 2.60 bits per heavy atom. The molecule has 1 heterocycles. The summed E-state index contributed by atoms with van der Waals surface area (Å²) in [6, 6.07) is 0. The van der Waals surface area contributed by atoms with Crippen molar-refractivity contribution in [1.82, 2.24) is 0 Å². The van der Waals surface area contributed by atoms with Gasteiger partial charge in [-0.3, -0.25) is 4.79 Å². The van der Waals surface area contributed by atoms with Crippen LogP contribution in [-0.2, 0) is 9.53 Å². The van der Waals surface area contributed by atoms with E-state index in [1.165, 1.54) is 11.3 Å². The number of thiophene rings is 1. The highest BCUT2D eigenvalue weighted by Crippen LogP contribution is 2.33. The molecule has 0 aliphatic carbocycles. The smallest absolute Gasteiger partial charge is 0.341 e. The molecule has 0 spiro atoms. The minimum atomic E-state index is -0.392. The highest BCUT2D eigenvalue weighted by molar-refractivity contribution is 7.16. The number of carbonyl (C=O) groups excluding carboxylic acids is 2. The highest BCUT2D eigenvalue weighted by Gasteiger charge is 2.23. The summed E-state index contributed by atoms with van der Waals surface area (Å²) < 4.78 is 5.05. The summed E-state index contributed by atoms with van der Waals surface area (Å²) in [7, 11) is 0. The Hall–Kier alpha value is -1.40. The second kappa shape index (κ2) is 7.40. The van der Waals surface area contributed by atoms with Crippen LogP contribution in [0.3, 0.4) is 0 Å². The Kier molecular flexibility index (Phi) is 6.16. The minimum absolute atomic E-state index is 0.123. The van der Waals surface area contributed by atoms with Crippen molar-refractivity contribution in [2.75, 3.05) is 18.5 Å². The fourth-order valence-electron chi connectivity index (χ4n) is 1.78. The fourth-order valence-corrected chi connectivity index (χ4v) is 2.83. The number of anilines is 1. The number of ether oxygens (including phenoxy) is 1. The van der Waals surface area contributed by atoms with E-state index in [9.17, 15) is 9.59 Å². The van der Waals surface area contributed by atoms with Gasteiger partial charge in [0.15, 0.2) is 0 Å². The minimum Gasteiger partial charge on any atom is -0.462 e. The molecule has 0 saturated heterocycles. The quantitative estimate of drug-likeness (QED) is 0.790. The van der Waals surface area contributed by atoms with Crippen molar-refractivity contribution >= 4 is 28.2 Å². The molecule has 1 amide bonds. The van der Waals surface area contributed by atoms with E-state index < -0.39 is 5.97 Å². The molecule has 1 aromatic rings. The second-order valence-corrected chi connectivity index (χ2v) is 5.90. The van der Waals surface area contributed by atoms with Crippen LogP contribution in [0.1, 0.15) is 41.1 Å². The maximum atomic E-state index is 12.0. The summed E-state index contributed by atoms with van der Waals surface area (Å²) in [6.45, 7) is 8.12. The molecule has 5 nitrogen and oxygen atoms in total. The Labute approximate surface area is 123 Å². The van der Waals surface area contributed by atoms with E-state index in [0.717, 1.165) is 10.4 Å². The second-order valence-electron chi connectivity index (χ2n) is 4.68. The standard InChI is InChI=1S/C14H22N2O3S/c1-5-19-14(18)11-9(3)10(4)20-13(11)16-12(17)8(2)6-7-15/h8H,5-7,15H2,1-4H3,(H,16,17). The first-order valence-corrected chi connectivity index (χ1v) is 7.52. The number of rotatable bonds is 6. The zero-order valence-electron chi connectivity index (χ0n) is 12.4. The van der Waals surface area contributed by atoms with Gasteiger partial charge in [-0.25, -0.2) is 4.79 Å². The lowest BCUT2D eigenvalue weighted by Gasteiger charge is -2.11. The summed E-state index contributed by atoms with van der Waals surface area (Å²) in [6.07, 6.45) is 0.615. The van der Waals surface area contributed by atoms with Crippen LogP contribution >= 0.6 is 11.3 Å². The molecule has 0 aromatic carbocycles. The van der Waals surface area contributed by atoms with Crippen LogP contribution in [0.25, 0.3) is 0 Å². The first kappa shape index (κ1) is 16.7. The lowest BCUT2D eigenvalue weighted by molar-refractivity contribution is -0.119. The molecule has 0 radical (unpaired) electrons. The largest absolute Gasteiger partial charge is 0.462 e. The van der Waals surface area contributed by atoms with E-state index in [1.807, 2.05) is 20.8 Å². The first-order chi connectivity index (χ1) is 9.42. The maximum absolute atomic E-state index is 12.0. The highest BCUT2D eigenvalue weighted by atomic mass is 32.1. The zero-order valence-corrected chi connectivity index (χ0v) is 13.2. The Morgan fingerprint density at radius 2 is 2.05 bits per heavy atom. The first-order valence-electron chi connectivity index (χ1n) is 6.70. The molecule has 0 aliphatic rings. The number of nitrogens with one attached hydrogen (secondary N) is 1. The third-order valence-corrected chi connectivity index (χ3v) is 4.27. The van der Waals surface area contributed by atoms with Crippen LogP contribution < -0.4 is 11.1 Å². The maximum Gasteiger partial charge on any atom is 0.341 e. The average Bonchev–Trinajstić information content (AvgIpc) is 2.65. The molecule has 20 heavy (non-hydrogen) atoms. The van der Waals surface area contributed by atoms with Crippen molar-refractivity contribution in [1.29, 1.82) is 0 Å². The number of hydrogen-bond acceptors (Lipinski definition) is 5. The average molecular weight is 298 g/mol. The summed E-state index contributed by atoms with van der Waals surface area (Å²) in [5, 5.41) is 3.38. The van der Waals surface area contributed by atoms with Gasteiger partial charge in [0.25, 0.3) is 0 Å². The van der Waals surface area contributed by atoms with E-state index in [1.54, 1.807) is 6.92 Å². The van der Waals surface area contributed by atoms with Crippen molar-refractivity contribution in [2.24, 2.45) is 11.7 Å². The molecule has 1 aromatic heterocycles. The molecule has 0 saturated carbocycles. The fraction of sp³-hybridized carbons (Fsp3) is 0.571. The number of hydrogen-bond donors (Lipinski definition) is 2. The van der Waals surface area contributed by atoms with Crippen molar-refractivity contribution in [3.05, 3.63) is 16.0 Å². The van der Waals surface area contributed by atoms with Gasteiger partial charge in [0.05, 0.1) is 12.2 Å². The van der Waals surface area contributed by atoms with Crippen LogP contribution in [0.2, 0.25) is 0 Å². The predicted molar refractivity (Wildman–Crippen MR) is 81.2 cm³/mol. The zero-order chi connectivity index (χ0) is 15.3. The van der Waals surface area contributed by atoms with Crippen molar-refractivity contribution < 1.29 is 14.3 Å². The normalized spacial score (nSPS) is 12.1. The van der Waals surface area contributed by atoms with E-state index >= 15 is 0 Å². The molecular weight excluding hydrogens is 276 g/mol. The molecule has 6 heteroatoms. The monoisotopic (exact) mass is 298 g/mol. The van der Waals surface area contributed by atoms with Gasteiger partial charge in [0.2, 0.25) is 5.91 Å². The molecule has 3 N–H and O–H groups in total. The lowest BCUT2D eigenvalue weighted by atomic mass is 10.1. The van der Waals surface area contributed by atoms with Crippen molar-refractivity contribution in [2.45, 2.75) is 34.1 Å². The summed E-state index contributed by atoms with van der Waals surface area (Å²) in [5.74, 6) is -0.698. The Morgan fingerprint density at radius 1 is 1.40 bits per heavy atom. The third kappa shape index (κ3) is 3.80. The summed E-state index contributed by atoms with van der Waals surface area (Å²) >= 11 is 1.39. The topological polar surface area (TPSA) is 81.4 Å². The van der Waals surface area contributed by atoms with Crippen molar-refractivity contribution in [3.63, 3.8) is 0 Å². The SMILES string of the molecule is CCOC(=O)c1c(NC(=O)C(C)CCN)sc(C)c1C. The molecule has 1 atom stereocenters. The number of nitrogens with two attached hydrogens (primary N) is 1. The van der Waals surface area contributed by atoms with Gasteiger partial charge in [0.1, 0.15) is 5.00 Å². The van der Waals surface area contributed by atoms with Crippen LogP contribution in [0, 0.1) is 19.8 Å². The van der Waals surface area contributed by atoms with Gasteiger partial charge in [-0.2, -0.15) is 0 Å². The number of aryl methyl sites for hydroxylation is 1. The Bertz CT molecular complexity index is 497. The van der Waals surface area contributed by atoms with Crippen LogP contribution in [0.4, 0.5) is 5.00 Å². The molecule has 1 rings (SSSR count). The predicted octanol–water partition coefficient (Wildman–Crippen LogP) is 2.47. The third-order valence-electron chi connectivity index (χ3n) is 3.15. The van der Waals surface area contributed by atoms with Gasteiger partial charge < -0.3 is 15.8 Å². The Balaban J connectivity index is 2.98. The van der Waals surface area contributed by atoms with E-state index in [4.69, 9.17) is 10.5 Å². The van der Waals surface area contributed by atoms with E-state index in [-0.39, 0.29) is 11.8 Å². The molecule has 1 unspecified atom stereocenters. The number of carbonyl (C=O) groups is 2. The van der Waals surface area contributed by atoms with Crippen LogP contribution in [-0.4, -0.2) is 25.0 Å². The molecular formula is C14H22N2O3S. The van der Waals surface area contributed by atoms with E-state index in [0.29, 0.717) is 30.1 Å². The van der Waals surface area contributed by atoms with Gasteiger partial charge in [-0.1, -0.05) is 6.92 Å². The number of esters is 1.